The Labute approximate surface area is 243 Å². The van der Waals surface area contributed by atoms with Crippen molar-refractivity contribution >= 4 is 17.6 Å². The third-order valence-electron chi connectivity index (χ3n) is 7.65. The van der Waals surface area contributed by atoms with Gasteiger partial charge in [-0.3, -0.25) is 4.79 Å². The number of benzene rings is 2. The van der Waals surface area contributed by atoms with Crippen LogP contribution in [0.5, 0.6) is 5.75 Å². The number of rotatable bonds is 9. The molecule has 0 N–H and O–H groups in total. The van der Waals surface area contributed by atoms with Gasteiger partial charge in [0.2, 0.25) is 5.91 Å². The molecular weight excluding hydrogens is 516 g/mol. The van der Waals surface area contributed by atoms with Gasteiger partial charge in [0.25, 0.3) is 0 Å². The highest BCUT2D eigenvalue weighted by atomic mass is 16.6. The number of ether oxygens (including phenoxy) is 2. The minimum Gasteiger partial charge on any atom is -0.476 e. The van der Waals surface area contributed by atoms with E-state index in [-0.39, 0.29) is 11.8 Å². The van der Waals surface area contributed by atoms with Gasteiger partial charge in [-0.25, -0.2) is 4.79 Å². The number of piperidine rings is 1. The Morgan fingerprint density at radius 3 is 2.39 bits per heavy atom. The van der Waals surface area contributed by atoms with Crippen LogP contribution in [-0.4, -0.2) is 47.1 Å². The van der Waals surface area contributed by atoms with Crippen molar-refractivity contribution in [3.63, 3.8) is 0 Å². The molecule has 2 aromatic carbocycles. The van der Waals surface area contributed by atoms with Crippen molar-refractivity contribution in [3.05, 3.63) is 72.7 Å². The van der Waals surface area contributed by atoms with Crippen LogP contribution >= 0.6 is 0 Å². The summed E-state index contributed by atoms with van der Waals surface area (Å²) in [6.45, 7) is 11.2. The fourth-order valence-electron chi connectivity index (χ4n) is 5.33. The summed E-state index contributed by atoms with van der Waals surface area (Å²) >= 11 is 0. The summed E-state index contributed by atoms with van der Waals surface area (Å²) < 4.78 is 16.9. The monoisotopic (exact) mass is 558 g/mol. The molecule has 1 unspecified atom stereocenters. The highest BCUT2D eigenvalue weighted by molar-refractivity contribution is 5.81. The highest BCUT2D eigenvalue weighted by Crippen LogP contribution is 2.34. The molecule has 41 heavy (non-hydrogen) atoms. The van der Waals surface area contributed by atoms with Crippen molar-refractivity contribution in [1.29, 1.82) is 0 Å². The topological polar surface area (TPSA) is 72.2 Å². The number of nitrogens with zero attached hydrogens (tertiary/aromatic N) is 2. The van der Waals surface area contributed by atoms with Gasteiger partial charge in [0.05, 0.1) is 18.4 Å². The largest absolute Gasteiger partial charge is 0.476 e. The molecule has 7 heteroatoms. The molecule has 5 rings (SSSR count). The zero-order chi connectivity index (χ0) is 29.2. The van der Waals surface area contributed by atoms with Crippen LogP contribution in [0, 0.1) is 5.92 Å². The van der Waals surface area contributed by atoms with Crippen LogP contribution < -0.4 is 9.64 Å². The predicted molar refractivity (Wildman–Crippen MR) is 160 cm³/mol. The van der Waals surface area contributed by atoms with Gasteiger partial charge in [-0.1, -0.05) is 30.3 Å². The van der Waals surface area contributed by atoms with E-state index >= 15 is 0 Å². The molecule has 2 aliphatic rings. The average molecular weight is 559 g/mol. The number of furan rings is 1. The van der Waals surface area contributed by atoms with E-state index in [1.807, 2.05) is 51.1 Å². The van der Waals surface area contributed by atoms with Gasteiger partial charge in [0.15, 0.2) is 5.60 Å². The lowest BCUT2D eigenvalue weighted by molar-refractivity contribution is -0.170. The standard InChI is InChI=1S/C34H42N2O5/c1-33(2,3)41-32(38)34(4,5)40-30-10-6-9-29(20-30)35-18-7-8-26(22-35)31(37)36(28-15-16-28)21-24-11-13-25(14-12-24)27-17-19-39-23-27/h6,9-14,17,19-20,23,26,28H,7-8,15-16,18,21-22H2,1-5H3. The van der Waals surface area contributed by atoms with E-state index in [4.69, 9.17) is 13.9 Å². The maximum atomic E-state index is 13.9. The second-order valence-corrected chi connectivity index (χ2v) is 12.8. The molecule has 1 aliphatic heterocycles. The molecule has 0 radical (unpaired) electrons. The Balaban J connectivity index is 1.24. The van der Waals surface area contributed by atoms with E-state index in [2.05, 4.69) is 34.1 Å². The van der Waals surface area contributed by atoms with E-state index in [9.17, 15) is 9.59 Å². The first kappa shape index (κ1) is 28.8. The average Bonchev–Trinajstić information content (AvgIpc) is 3.63. The van der Waals surface area contributed by atoms with E-state index in [1.165, 1.54) is 0 Å². The maximum absolute atomic E-state index is 13.9. The van der Waals surface area contributed by atoms with Crippen LogP contribution in [0.4, 0.5) is 5.69 Å². The van der Waals surface area contributed by atoms with Crippen molar-refractivity contribution in [2.24, 2.45) is 5.92 Å². The van der Waals surface area contributed by atoms with Crippen molar-refractivity contribution < 1.29 is 23.5 Å². The van der Waals surface area contributed by atoms with E-state index < -0.39 is 17.2 Å². The number of amides is 1. The lowest BCUT2D eigenvalue weighted by Crippen LogP contribution is -2.45. The zero-order valence-electron chi connectivity index (χ0n) is 24.9. The Morgan fingerprint density at radius 1 is 0.976 bits per heavy atom. The molecule has 0 bridgehead atoms. The third kappa shape index (κ3) is 7.32. The molecule has 0 spiro atoms. The van der Waals surface area contributed by atoms with Gasteiger partial charge in [0.1, 0.15) is 11.4 Å². The lowest BCUT2D eigenvalue weighted by atomic mass is 9.95. The summed E-state index contributed by atoms with van der Waals surface area (Å²) in [5.74, 6) is 0.382. The van der Waals surface area contributed by atoms with Gasteiger partial charge in [-0.15, -0.1) is 0 Å². The molecule has 1 atom stereocenters. The number of carbonyl (C=O) groups excluding carboxylic acids is 2. The molecule has 218 valence electrons. The zero-order valence-corrected chi connectivity index (χ0v) is 24.9. The first-order valence-corrected chi connectivity index (χ1v) is 14.7. The quantitative estimate of drug-likeness (QED) is 0.267. The Kier molecular flexibility index (Phi) is 8.16. The van der Waals surface area contributed by atoms with Crippen LogP contribution in [-0.2, 0) is 20.9 Å². The molecule has 1 aromatic heterocycles. The summed E-state index contributed by atoms with van der Waals surface area (Å²) in [7, 11) is 0. The number of esters is 1. The first-order valence-electron chi connectivity index (χ1n) is 14.7. The smallest absolute Gasteiger partial charge is 0.350 e. The Morgan fingerprint density at radius 2 is 1.73 bits per heavy atom. The SMILES string of the molecule is CC(C)(C)OC(=O)C(C)(C)Oc1cccc(N2CCCC(C(=O)N(Cc3ccc(-c4ccoc4)cc3)C3CC3)C2)c1. The van der Waals surface area contributed by atoms with E-state index in [1.54, 1.807) is 26.4 Å². The normalized spacial score (nSPS) is 17.7. The van der Waals surface area contributed by atoms with Gasteiger partial charge in [-0.05, 0) is 89.6 Å². The molecule has 1 amide bonds. The van der Waals surface area contributed by atoms with Gasteiger partial charge in [-0.2, -0.15) is 0 Å². The van der Waals surface area contributed by atoms with Crippen LogP contribution in [0.2, 0.25) is 0 Å². The summed E-state index contributed by atoms with van der Waals surface area (Å²) in [4.78, 5) is 30.9. The fraction of sp³-hybridized carbons (Fsp3) is 0.471. The molecule has 1 aliphatic carbocycles. The second kappa shape index (κ2) is 11.6. The molecule has 2 fully saturated rings. The van der Waals surface area contributed by atoms with Crippen LogP contribution in [0.15, 0.2) is 71.5 Å². The van der Waals surface area contributed by atoms with E-state index in [0.717, 1.165) is 54.6 Å². The van der Waals surface area contributed by atoms with Crippen molar-refractivity contribution in [2.45, 2.75) is 84.1 Å². The lowest BCUT2D eigenvalue weighted by Gasteiger charge is -2.37. The second-order valence-electron chi connectivity index (χ2n) is 12.8. The molecule has 2 heterocycles. The Hall–Kier alpha value is -3.74. The Bertz CT molecular complexity index is 1340. The van der Waals surface area contributed by atoms with Gasteiger partial charge >= 0.3 is 5.97 Å². The van der Waals surface area contributed by atoms with Gasteiger partial charge < -0.3 is 23.7 Å². The predicted octanol–water partition coefficient (Wildman–Crippen LogP) is 6.85. The van der Waals surface area contributed by atoms with Crippen LogP contribution in [0.3, 0.4) is 0 Å². The van der Waals surface area contributed by atoms with E-state index in [0.29, 0.717) is 24.9 Å². The summed E-state index contributed by atoms with van der Waals surface area (Å²) in [5.41, 5.74) is 2.57. The molecule has 1 saturated heterocycles. The van der Waals surface area contributed by atoms with Crippen molar-refractivity contribution in [2.75, 3.05) is 18.0 Å². The van der Waals surface area contributed by atoms with Crippen molar-refractivity contribution in [3.8, 4) is 16.9 Å². The highest BCUT2D eigenvalue weighted by Gasteiger charge is 2.38. The first-order chi connectivity index (χ1) is 19.5. The number of carbonyl (C=O) groups is 2. The minimum absolute atomic E-state index is 0.0580. The summed E-state index contributed by atoms with van der Waals surface area (Å²) in [6, 6.07) is 18.5. The third-order valence-corrected chi connectivity index (χ3v) is 7.65. The summed E-state index contributed by atoms with van der Waals surface area (Å²) in [5, 5.41) is 0. The van der Waals surface area contributed by atoms with Crippen LogP contribution in [0.1, 0.15) is 65.9 Å². The summed E-state index contributed by atoms with van der Waals surface area (Å²) in [6.07, 6.45) is 7.40. The maximum Gasteiger partial charge on any atom is 0.350 e. The number of anilines is 1. The molecular formula is C34H42N2O5. The van der Waals surface area contributed by atoms with Crippen LogP contribution in [0.25, 0.3) is 11.1 Å². The fourth-order valence-corrected chi connectivity index (χ4v) is 5.33. The minimum atomic E-state index is -1.13. The molecule has 1 saturated carbocycles. The molecule has 7 nitrogen and oxygen atoms in total. The number of hydrogen-bond donors (Lipinski definition) is 0. The molecule has 3 aromatic rings. The number of hydrogen-bond acceptors (Lipinski definition) is 6. The van der Waals surface area contributed by atoms with Crippen molar-refractivity contribution in [1.82, 2.24) is 4.90 Å². The van der Waals surface area contributed by atoms with Gasteiger partial charge in [0, 0.05) is 43.0 Å².